The lowest BCUT2D eigenvalue weighted by atomic mass is 10.2. The number of halogens is 2. The largest absolute Gasteiger partial charge is 0.353 e. The quantitative estimate of drug-likeness (QED) is 0.548. The normalized spacial score (nSPS) is 11.6. The molecule has 2 aromatic rings. The minimum Gasteiger partial charge on any atom is -0.353 e. The Morgan fingerprint density at radius 2 is 1.68 bits per heavy atom. The van der Waals surface area contributed by atoms with Crippen molar-refractivity contribution in [1.29, 1.82) is 0 Å². The monoisotopic (exact) mass is 396 g/mol. The maximum atomic E-state index is 12.1. The molecule has 132 valence electrons. The number of nitrogens with one attached hydrogen (secondary N) is 2. The third-order valence-corrected chi connectivity index (χ3v) is 5.17. The van der Waals surface area contributed by atoms with Gasteiger partial charge in [0.1, 0.15) is 0 Å². The maximum absolute atomic E-state index is 12.1. The Morgan fingerprint density at radius 1 is 1.00 bits per heavy atom. The first-order valence-corrected chi connectivity index (χ1v) is 9.33. The molecular formula is C18H18Cl2N2O2S. The van der Waals surface area contributed by atoms with Crippen molar-refractivity contribution in [3.05, 3.63) is 64.1 Å². The van der Waals surface area contributed by atoms with Crippen molar-refractivity contribution in [2.24, 2.45) is 0 Å². The van der Waals surface area contributed by atoms with E-state index in [1.165, 1.54) is 17.8 Å². The van der Waals surface area contributed by atoms with Gasteiger partial charge in [-0.15, -0.1) is 11.8 Å². The topological polar surface area (TPSA) is 58.2 Å². The molecule has 0 bridgehead atoms. The summed E-state index contributed by atoms with van der Waals surface area (Å²) in [5.74, 6) is -0.336. The van der Waals surface area contributed by atoms with Crippen LogP contribution in [0.15, 0.2) is 53.4 Å². The summed E-state index contributed by atoms with van der Waals surface area (Å²) in [6.07, 6.45) is 0. The average Bonchev–Trinajstić information content (AvgIpc) is 2.61. The Labute approximate surface area is 161 Å². The fourth-order valence-electron chi connectivity index (χ4n) is 2.00. The van der Waals surface area contributed by atoms with Crippen LogP contribution in [0.2, 0.25) is 10.0 Å². The molecule has 0 aliphatic carbocycles. The highest BCUT2D eigenvalue weighted by Gasteiger charge is 2.14. The first kappa shape index (κ1) is 19.6. The van der Waals surface area contributed by atoms with Gasteiger partial charge in [0.2, 0.25) is 5.91 Å². The van der Waals surface area contributed by atoms with Gasteiger partial charge in [-0.25, -0.2) is 0 Å². The van der Waals surface area contributed by atoms with E-state index in [1.807, 2.05) is 37.3 Å². The molecule has 0 aliphatic rings. The molecule has 7 heteroatoms. The minimum atomic E-state index is -0.264. The lowest BCUT2D eigenvalue weighted by Crippen LogP contribution is -2.37. The fraction of sp³-hybridized carbons (Fsp3) is 0.222. The molecule has 0 fully saturated rings. The predicted molar refractivity (Wildman–Crippen MR) is 104 cm³/mol. The molecule has 2 amide bonds. The molecule has 0 aliphatic heterocycles. The second-order valence-electron chi connectivity index (χ2n) is 5.25. The van der Waals surface area contributed by atoms with Crippen molar-refractivity contribution in [2.45, 2.75) is 17.1 Å². The zero-order valence-corrected chi connectivity index (χ0v) is 15.9. The van der Waals surface area contributed by atoms with Crippen LogP contribution in [-0.2, 0) is 4.79 Å². The first-order valence-electron chi connectivity index (χ1n) is 7.70. The SMILES string of the molecule is CC(Sc1ccccc1)C(=O)NCCNC(=O)c1ccc(Cl)c(Cl)c1. The minimum absolute atomic E-state index is 0.0716. The molecule has 2 rings (SSSR count). The number of hydrogen-bond acceptors (Lipinski definition) is 3. The number of amides is 2. The van der Waals surface area contributed by atoms with E-state index in [4.69, 9.17) is 23.2 Å². The Bertz CT molecular complexity index is 741. The van der Waals surface area contributed by atoms with Crippen LogP contribution in [-0.4, -0.2) is 30.2 Å². The summed E-state index contributed by atoms with van der Waals surface area (Å²) in [6, 6.07) is 14.4. The van der Waals surface area contributed by atoms with Crippen LogP contribution in [0.3, 0.4) is 0 Å². The Hall–Kier alpha value is -1.69. The molecule has 0 spiro atoms. The lowest BCUT2D eigenvalue weighted by molar-refractivity contribution is -0.120. The Kier molecular flexibility index (Phi) is 7.62. The average molecular weight is 397 g/mol. The highest BCUT2D eigenvalue weighted by atomic mass is 35.5. The summed E-state index contributed by atoms with van der Waals surface area (Å²) in [5.41, 5.74) is 0.425. The van der Waals surface area contributed by atoms with Gasteiger partial charge in [0, 0.05) is 23.5 Å². The number of thioether (sulfide) groups is 1. The van der Waals surface area contributed by atoms with E-state index in [-0.39, 0.29) is 17.1 Å². The summed E-state index contributed by atoms with van der Waals surface area (Å²) in [7, 11) is 0. The van der Waals surface area contributed by atoms with Gasteiger partial charge in [-0.2, -0.15) is 0 Å². The lowest BCUT2D eigenvalue weighted by Gasteiger charge is -2.12. The third kappa shape index (κ3) is 6.27. The van der Waals surface area contributed by atoms with E-state index in [9.17, 15) is 9.59 Å². The standard InChI is InChI=1S/C18H18Cl2N2O2S/c1-12(25-14-5-3-2-4-6-14)17(23)21-9-10-22-18(24)13-7-8-15(19)16(20)11-13/h2-8,11-12H,9-10H2,1H3,(H,21,23)(H,22,24). The zero-order valence-electron chi connectivity index (χ0n) is 13.6. The molecule has 0 radical (unpaired) electrons. The van der Waals surface area contributed by atoms with E-state index in [2.05, 4.69) is 10.6 Å². The van der Waals surface area contributed by atoms with Crippen molar-refractivity contribution < 1.29 is 9.59 Å². The third-order valence-electron chi connectivity index (χ3n) is 3.32. The van der Waals surface area contributed by atoms with Crippen LogP contribution in [0, 0.1) is 0 Å². The van der Waals surface area contributed by atoms with E-state index in [1.54, 1.807) is 12.1 Å². The molecule has 2 aromatic carbocycles. The highest BCUT2D eigenvalue weighted by Crippen LogP contribution is 2.23. The van der Waals surface area contributed by atoms with E-state index < -0.39 is 0 Å². The van der Waals surface area contributed by atoms with Crippen molar-refractivity contribution in [1.82, 2.24) is 10.6 Å². The van der Waals surface area contributed by atoms with E-state index in [0.717, 1.165) is 4.90 Å². The zero-order chi connectivity index (χ0) is 18.2. The molecule has 0 saturated carbocycles. The van der Waals surface area contributed by atoms with Crippen molar-refractivity contribution in [3.8, 4) is 0 Å². The number of hydrogen-bond donors (Lipinski definition) is 2. The first-order chi connectivity index (χ1) is 12.0. The maximum Gasteiger partial charge on any atom is 0.251 e. The van der Waals surface area contributed by atoms with Crippen LogP contribution < -0.4 is 10.6 Å². The van der Waals surface area contributed by atoms with Gasteiger partial charge in [0.25, 0.3) is 5.91 Å². The van der Waals surface area contributed by atoms with Crippen molar-refractivity contribution in [3.63, 3.8) is 0 Å². The van der Waals surface area contributed by atoms with Gasteiger partial charge in [-0.3, -0.25) is 9.59 Å². The van der Waals surface area contributed by atoms with Crippen molar-refractivity contribution >= 4 is 46.8 Å². The van der Waals surface area contributed by atoms with Gasteiger partial charge >= 0.3 is 0 Å². The molecule has 1 atom stereocenters. The number of benzene rings is 2. The van der Waals surface area contributed by atoms with Gasteiger partial charge < -0.3 is 10.6 Å². The summed E-state index contributed by atoms with van der Waals surface area (Å²) < 4.78 is 0. The summed E-state index contributed by atoms with van der Waals surface area (Å²) in [6.45, 7) is 2.53. The van der Waals surface area contributed by atoms with E-state index >= 15 is 0 Å². The van der Waals surface area contributed by atoms with Crippen LogP contribution >= 0.6 is 35.0 Å². The second kappa shape index (κ2) is 9.70. The van der Waals surface area contributed by atoms with Crippen LogP contribution in [0.5, 0.6) is 0 Å². The van der Waals surface area contributed by atoms with Crippen LogP contribution in [0.1, 0.15) is 17.3 Å². The molecule has 0 aromatic heterocycles. The van der Waals surface area contributed by atoms with Crippen molar-refractivity contribution in [2.75, 3.05) is 13.1 Å². The van der Waals surface area contributed by atoms with E-state index in [0.29, 0.717) is 28.7 Å². The molecule has 2 N–H and O–H groups in total. The number of carbonyl (C=O) groups excluding carboxylic acids is 2. The van der Waals surface area contributed by atoms with Gasteiger partial charge in [-0.1, -0.05) is 41.4 Å². The molecule has 1 unspecified atom stereocenters. The highest BCUT2D eigenvalue weighted by molar-refractivity contribution is 8.00. The van der Waals surface area contributed by atoms with Gasteiger partial charge in [-0.05, 0) is 37.3 Å². The summed E-state index contributed by atoms with van der Waals surface area (Å²) >= 11 is 13.2. The molecule has 0 heterocycles. The number of rotatable bonds is 7. The predicted octanol–water partition coefficient (Wildman–Crippen LogP) is 4.02. The smallest absolute Gasteiger partial charge is 0.251 e. The Morgan fingerprint density at radius 3 is 2.36 bits per heavy atom. The second-order valence-corrected chi connectivity index (χ2v) is 7.48. The molecule has 4 nitrogen and oxygen atoms in total. The molecule has 25 heavy (non-hydrogen) atoms. The summed E-state index contributed by atoms with van der Waals surface area (Å²) in [4.78, 5) is 25.1. The van der Waals surface area contributed by atoms with Crippen LogP contribution in [0.25, 0.3) is 0 Å². The Balaban J connectivity index is 1.72. The van der Waals surface area contributed by atoms with Gasteiger partial charge in [0.05, 0.1) is 15.3 Å². The molecule has 0 saturated heterocycles. The fourth-order valence-corrected chi connectivity index (χ4v) is 3.21. The summed E-state index contributed by atoms with van der Waals surface area (Å²) in [5, 5.41) is 6.05. The number of carbonyl (C=O) groups is 2. The molecular weight excluding hydrogens is 379 g/mol. The van der Waals surface area contributed by atoms with Crippen LogP contribution in [0.4, 0.5) is 0 Å². The van der Waals surface area contributed by atoms with Gasteiger partial charge in [0.15, 0.2) is 0 Å².